The molecule has 1 atom stereocenters. The van der Waals surface area contributed by atoms with Crippen LogP contribution in [0.5, 0.6) is 5.75 Å². The Kier molecular flexibility index (Phi) is 17.3. The van der Waals surface area contributed by atoms with Gasteiger partial charge in [-0.05, 0) is 62.3 Å². The molecule has 0 fully saturated rings. The van der Waals surface area contributed by atoms with Crippen LogP contribution in [-0.2, 0) is 23.0 Å². The maximum atomic E-state index is 11.7. The molecule has 1 unspecified atom stereocenters. The molecule has 0 saturated carbocycles. The van der Waals surface area contributed by atoms with E-state index < -0.39 is 15.1 Å². The standard InChI is InChI=1S/C26H46O4S.Na/c1-5-8-10-12-14-16-18-23-20-21-25(30-26(4,7-3)31(27,28)29)22-24(23)19-17-15-13-11-9-6-2;/h20-22H,5-19H2,1-4H3,(H,27,28,29);/q;+1/p-1. The number of ether oxygens (including phenoxy) is 1. The van der Waals surface area contributed by atoms with Crippen LogP contribution in [0.15, 0.2) is 18.2 Å². The molecular weight excluding hydrogens is 431 g/mol. The predicted molar refractivity (Wildman–Crippen MR) is 130 cm³/mol. The Morgan fingerprint density at radius 1 is 0.781 bits per heavy atom. The van der Waals surface area contributed by atoms with E-state index in [0.717, 1.165) is 19.3 Å². The maximum absolute atomic E-state index is 11.7. The van der Waals surface area contributed by atoms with Gasteiger partial charge in [-0.25, -0.2) is 8.42 Å². The molecule has 6 heteroatoms. The molecule has 0 spiro atoms. The van der Waals surface area contributed by atoms with E-state index in [1.807, 2.05) is 12.1 Å². The van der Waals surface area contributed by atoms with Gasteiger partial charge in [-0.2, -0.15) is 0 Å². The average Bonchev–Trinajstić information content (AvgIpc) is 2.73. The fourth-order valence-corrected chi connectivity index (χ4v) is 4.44. The largest absolute Gasteiger partial charge is 1.00 e. The first-order valence-electron chi connectivity index (χ1n) is 12.5. The van der Waals surface area contributed by atoms with Crippen LogP contribution in [0.2, 0.25) is 0 Å². The van der Waals surface area contributed by atoms with Gasteiger partial charge in [0.15, 0.2) is 4.93 Å². The molecule has 0 aliphatic heterocycles. The van der Waals surface area contributed by atoms with Gasteiger partial charge in [0, 0.05) is 0 Å². The Balaban J connectivity index is 0.00000961. The second-order valence-electron chi connectivity index (χ2n) is 9.01. The van der Waals surface area contributed by atoms with Crippen molar-refractivity contribution in [2.75, 3.05) is 0 Å². The molecule has 0 N–H and O–H groups in total. The topological polar surface area (TPSA) is 66.4 Å². The van der Waals surface area contributed by atoms with Crippen LogP contribution in [0, 0.1) is 0 Å². The maximum Gasteiger partial charge on any atom is 1.00 e. The molecule has 1 aromatic carbocycles. The third kappa shape index (κ3) is 11.9. The van der Waals surface area contributed by atoms with Crippen LogP contribution in [0.1, 0.15) is 122 Å². The van der Waals surface area contributed by atoms with Crippen LogP contribution >= 0.6 is 0 Å². The number of rotatable bonds is 18. The van der Waals surface area contributed by atoms with E-state index in [1.54, 1.807) is 6.92 Å². The molecular formula is C26H45NaO4S. The van der Waals surface area contributed by atoms with Crippen molar-refractivity contribution in [1.29, 1.82) is 0 Å². The Morgan fingerprint density at radius 3 is 1.72 bits per heavy atom. The Labute approximate surface area is 220 Å². The van der Waals surface area contributed by atoms with Crippen LogP contribution in [0.4, 0.5) is 0 Å². The molecule has 0 aromatic heterocycles. The summed E-state index contributed by atoms with van der Waals surface area (Å²) < 4.78 is 40.9. The van der Waals surface area contributed by atoms with E-state index in [4.69, 9.17) is 4.74 Å². The first-order valence-corrected chi connectivity index (χ1v) is 13.9. The van der Waals surface area contributed by atoms with Crippen LogP contribution in [0.25, 0.3) is 0 Å². The Morgan fingerprint density at radius 2 is 1.25 bits per heavy atom. The number of benzene rings is 1. The number of hydrogen-bond acceptors (Lipinski definition) is 4. The summed E-state index contributed by atoms with van der Waals surface area (Å²) in [6.07, 6.45) is 17.2. The van der Waals surface area contributed by atoms with Gasteiger partial charge >= 0.3 is 29.6 Å². The molecule has 180 valence electrons. The smallest absolute Gasteiger partial charge is 0.745 e. The zero-order valence-corrected chi connectivity index (χ0v) is 24.2. The molecule has 0 aliphatic carbocycles. The van der Waals surface area contributed by atoms with Crippen LogP contribution < -0.4 is 34.3 Å². The quantitative estimate of drug-likeness (QED) is 0.177. The molecule has 0 radical (unpaired) electrons. The minimum absolute atomic E-state index is 0. The molecule has 0 heterocycles. The van der Waals surface area contributed by atoms with Crippen molar-refractivity contribution in [3.05, 3.63) is 29.3 Å². The van der Waals surface area contributed by atoms with Gasteiger partial charge in [0.05, 0.1) is 0 Å². The number of aryl methyl sites for hydroxylation is 2. The summed E-state index contributed by atoms with van der Waals surface area (Å²) in [4.78, 5) is -1.73. The van der Waals surface area contributed by atoms with Crippen molar-refractivity contribution in [2.45, 2.75) is 129 Å². The minimum Gasteiger partial charge on any atom is -0.745 e. The van der Waals surface area contributed by atoms with Crippen molar-refractivity contribution in [1.82, 2.24) is 0 Å². The molecule has 1 rings (SSSR count). The summed E-state index contributed by atoms with van der Waals surface area (Å²) in [6.45, 7) is 7.50. The van der Waals surface area contributed by atoms with Gasteiger partial charge in [0.2, 0.25) is 0 Å². The van der Waals surface area contributed by atoms with Gasteiger partial charge in [-0.15, -0.1) is 0 Å². The Bertz CT molecular complexity index is 721. The van der Waals surface area contributed by atoms with Crippen LogP contribution in [-0.4, -0.2) is 17.9 Å². The first kappa shape index (κ1) is 31.9. The van der Waals surface area contributed by atoms with E-state index in [-0.39, 0.29) is 36.0 Å². The molecule has 0 aliphatic rings. The van der Waals surface area contributed by atoms with Crippen molar-refractivity contribution in [3.63, 3.8) is 0 Å². The molecule has 1 aromatic rings. The molecule has 0 amide bonds. The Hall–Kier alpha value is -0.0700. The van der Waals surface area contributed by atoms with Gasteiger partial charge in [0.25, 0.3) is 0 Å². The summed E-state index contributed by atoms with van der Waals surface area (Å²) in [5, 5.41) is 0. The van der Waals surface area contributed by atoms with Crippen molar-refractivity contribution in [3.8, 4) is 5.75 Å². The molecule has 0 saturated heterocycles. The van der Waals surface area contributed by atoms with Crippen molar-refractivity contribution < 1.29 is 47.3 Å². The van der Waals surface area contributed by atoms with E-state index >= 15 is 0 Å². The summed E-state index contributed by atoms with van der Waals surface area (Å²) >= 11 is 0. The third-order valence-corrected chi connectivity index (χ3v) is 7.71. The van der Waals surface area contributed by atoms with E-state index in [1.165, 1.54) is 88.7 Å². The van der Waals surface area contributed by atoms with E-state index in [0.29, 0.717) is 5.75 Å². The van der Waals surface area contributed by atoms with Gasteiger partial charge in [0.1, 0.15) is 15.9 Å². The van der Waals surface area contributed by atoms with Gasteiger partial charge < -0.3 is 9.29 Å². The van der Waals surface area contributed by atoms with E-state index in [2.05, 4.69) is 19.9 Å². The average molecular weight is 477 g/mol. The second-order valence-corrected chi connectivity index (χ2v) is 10.8. The summed E-state index contributed by atoms with van der Waals surface area (Å²) in [6, 6.07) is 5.87. The normalized spacial score (nSPS) is 13.4. The summed E-state index contributed by atoms with van der Waals surface area (Å²) in [5.74, 6) is 0.483. The minimum atomic E-state index is -4.56. The fraction of sp³-hybridized carbons (Fsp3) is 0.769. The zero-order valence-electron chi connectivity index (χ0n) is 21.4. The van der Waals surface area contributed by atoms with Gasteiger partial charge in [-0.1, -0.05) is 91.0 Å². The van der Waals surface area contributed by atoms with Gasteiger partial charge in [-0.3, -0.25) is 0 Å². The van der Waals surface area contributed by atoms with Crippen molar-refractivity contribution in [2.24, 2.45) is 0 Å². The molecule has 4 nitrogen and oxygen atoms in total. The second kappa shape index (κ2) is 17.4. The number of hydrogen-bond donors (Lipinski definition) is 0. The number of unbranched alkanes of at least 4 members (excludes halogenated alkanes) is 10. The molecule has 32 heavy (non-hydrogen) atoms. The van der Waals surface area contributed by atoms with Crippen molar-refractivity contribution >= 4 is 10.1 Å². The SMILES string of the molecule is CCCCCCCCc1ccc(OC(C)(CC)S(=O)(=O)[O-])cc1CCCCCCCC.[Na+]. The summed E-state index contributed by atoms with van der Waals surface area (Å²) in [5.41, 5.74) is 2.57. The van der Waals surface area contributed by atoms with Crippen LogP contribution in [0.3, 0.4) is 0 Å². The third-order valence-electron chi connectivity index (χ3n) is 6.28. The summed E-state index contributed by atoms with van der Waals surface area (Å²) in [7, 11) is -4.56. The fourth-order valence-electron chi connectivity index (χ4n) is 3.88. The predicted octanol–water partition coefficient (Wildman–Crippen LogP) is 4.55. The first-order chi connectivity index (χ1) is 14.8. The zero-order chi connectivity index (χ0) is 23.2. The van der Waals surface area contributed by atoms with E-state index in [9.17, 15) is 13.0 Å². The molecule has 0 bridgehead atoms. The monoisotopic (exact) mass is 476 g/mol.